The molecule has 150 valence electrons. The maximum absolute atomic E-state index is 11.6. The Labute approximate surface area is 164 Å². The van der Waals surface area contributed by atoms with E-state index in [2.05, 4.69) is 29.4 Å². The van der Waals surface area contributed by atoms with Crippen molar-refractivity contribution in [3.05, 3.63) is 41.1 Å². The van der Waals surface area contributed by atoms with E-state index in [0.717, 1.165) is 17.8 Å². The Hall–Kier alpha value is -1.97. The summed E-state index contributed by atoms with van der Waals surface area (Å²) in [5.41, 5.74) is 2.98. The lowest BCUT2D eigenvalue weighted by molar-refractivity contribution is -0.115. The van der Waals surface area contributed by atoms with Gasteiger partial charge < -0.3 is 15.0 Å². The number of carbonyl (C=O) groups is 1. The number of unbranched alkanes of at least 4 members (excludes halogenated alkanes) is 8. The van der Waals surface area contributed by atoms with E-state index in [1.165, 1.54) is 69.6 Å². The van der Waals surface area contributed by atoms with Gasteiger partial charge in [-0.2, -0.15) is 0 Å². The normalized spacial score (nSPS) is 15.5. The van der Waals surface area contributed by atoms with Crippen molar-refractivity contribution in [2.75, 3.05) is 0 Å². The molecule has 4 heteroatoms. The standard InChI is InChI=1S/C23H36N2O2/c1-4-5-6-7-8-9-10-11-12-13-19-14-15-20(24-19)16-21-22(27-18(2)3)17-23(26)25-21/h14-18,24H,4-13H2,1-3H3,(H,25,26)/b21-16-. The Bertz CT molecular complexity index is 641. The number of ether oxygens (including phenoxy) is 1. The zero-order valence-corrected chi connectivity index (χ0v) is 17.3. The van der Waals surface area contributed by atoms with E-state index in [-0.39, 0.29) is 12.0 Å². The van der Waals surface area contributed by atoms with Gasteiger partial charge in [-0.3, -0.25) is 4.79 Å². The highest BCUT2D eigenvalue weighted by Gasteiger charge is 2.19. The quantitative estimate of drug-likeness (QED) is 0.426. The van der Waals surface area contributed by atoms with Crippen molar-refractivity contribution in [3.8, 4) is 0 Å². The molecule has 0 radical (unpaired) electrons. The minimum absolute atomic E-state index is 0.0400. The van der Waals surface area contributed by atoms with Gasteiger partial charge in [0, 0.05) is 17.5 Å². The van der Waals surface area contributed by atoms with Gasteiger partial charge in [0.25, 0.3) is 5.91 Å². The van der Waals surface area contributed by atoms with Crippen LogP contribution >= 0.6 is 0 Å². The van der Waals surface area contributed by atoms with Crippen LogP contribution in [0.1, 0.15) is 89.9 Å². The average molecular weight is 373 g/mol. The third-order valence-electron chi connectivity index (χ3n) is 4.77. The van der Waals surface area contributed by atoms with Gasteiger partial charge in [0.1, 0.15) is 5.76 Å². The first kappa shape index (κ1) is 21.3. The second kappa shape index (κ2) is 11.7. The Balaban J connectivity index is 1.70. The van der Waals surface area contributed by atoms with Gasteiger partial charge in [0.15, 0.2) is 0 Å². The minimum atomic E-state index is -0.127. The number of aromatic amines is 1. The van der Waals surface area contributed by atoms with Gasteiger partial charge in [0.2, 0.25) is 0 Å². The van der Waals surface area contributed by atoms with Crippen LogP contribution in [-0.2, 0) is 16.0 Å². The molecule has 4 nitrogen and oxygen atoms in total. The van der Waals surface area contributed by atoms with Gasteiger partial charge in [-0.1, -0.05) is 58.3 Å². The van der Waals surface area contributed by atoms with E-state index < -0.39 is 0 Å². The summed E-state index contributed by atoms with van der Waals surface area (Å²) in [7, 11) is 0. The van der Waals surface area contributed by atoms with Crippen LogP contribution in [0.5, 0.6) is 0 Å². The molecule has 0 saturated carbocycles. The lowest BCUT2D eigenvalue weighted by atomic mass is 10.1. The van der Waals surface area contributed by atoms with Gasteiger partial charge in [0.05, 0.1) is 11.8 Å². The van der Waals surface area contributed by atoms with E-state index in [1.54, 1.807) is 0 Å². The summed E-state index contributed by atoms with van der Waals surface area (Å²) in [6, 6.07) is 4.20. The molecule has 1 aliphatic heterocycles. The van der Waals surface area contributed by atoms with Crippen LogP contribution in [0.25, 0.3) is 6.08 Å². The summed E-state index contributed by atoms with van der Waals surface area (Å²) in [6.45, 7) is 6.18. The molecule has 0 saturated heterocycles. The molecule has 2 heterocycles. The fraction of sp³-hybridized carbons (Fsp3) is 0.609. The predicted molar refractivity (Wildman–Crippen MR) is 112 cm³/mol. The molecule has 2 rings (SSSR count). The molecule has 0 atom stereocenters. The van der Waals surface area contributed by atoms with Crippen molar-refractivity contribution in [1.29, 1.82) is 0 Å². The zero-order chi connectivity index (χ0) is 19.5. The summed E-state index contributed by atoms with van der Waals surface area (Å²) in [5, 5.41) is 2.84. The van der Waals surface area contributed by atoms with Gasteiger partial charge in [-0.05, 0) is 44.9 Å². The van der Waals surface area contributed by atoms with Gasteiger partial charge in [-0.15, -0.1) is 0 Å². The van der Waals surface area contributed by atoms with Crippen LogP contribution in [0.4, 0.5) is 0 Å². The summed E-state index contributed by atoms with van der Waals surface area (Å²) < 4.78 is 5.70. The van der Waals surface area contributed by atoms with E-state index in [1.807, 2.05) is 19.9 Å². The van der Waals surface area contributed by atoms with E-state index >= 15 is 0 Å². The predicted octanol–water partition coefficient (Wildman–Crippen LogP) is 5.87. The highest BCUT2D eigenvalue weighted by Crippen LogP contribution is 2.20. The smallest absolute Gasteiger partial charge is 0.252 e. The molecule has 0 bridgehead atoms. The molecule has 0 unspecified atom stereocenters. The van der Waals surface area contributed by atoms with Crippen LogP contribution in [0.3, 0.4) is 0 Å². The average Bonchev–Trinajstić information content (AvgIpc) is 3.19. The van der Waals surface area contributed by atoms with Crippen LogP contribution in [0, 0.1) is 0 Å². The maximum atomic E-state index is 11.6. The summed E-state index contributed by atoms with van der Waals surface area (Å²) in [5.74, 6) is 0.489. The lowest BCUT2D eigenvalue weighted by Crippen LogP contribution is -2.14. The van der Waals surface area contributed by atoms with Crippen molar-refractivity contribution in [1.82, 2.24) is 10.3 Å². The largest absolute Gasteiger partial charge is 0.489 e. The SMILES string of the molecule is CCCCCCCCCCCc1ccc(/C=C2\NC(=O)C=C2OC(C)C)[nH]1. The second-order valence-corrected chi connectivity index (χ2v) is 7.74. The molecule has 2 N–H and O–H groups in total. The first-order chi connectivity index (χ1) is 13.1. The number of aryl methyl sites for hydroxylation is 1. The monoisotopic (exact) mass is 372 g/mol. The number of rotatable bonds is 13. The fourth-order valence-corrected chi connectivity index (χ4v) is 3.36. The van der Waals surface area contributed by atoms with Crippen molar-refractivity contribution in [3.63, 3.8) is 0 Å². The number of hydrogen-bond acceptors (Lipinski definition) is 2. The Morgan fingerprint density at radius 3 is 2.33 bits per heavy atom. The minimum Gasteiger partial charge on any atom is -0.489 e. The zero-order valence-electron chi connectivity index (χ0n) is 17.3. The molecule has 27 heavy (non-hydrogen) atoms. The topological polar surface area (TPSA) is 54.1 Å². The molecular weight excluding hydrogens is 336 g/mol. The summed E-state index contributed by atoms with van der Waals surface area (Å²) in [4.78, 5) is 15.1. The van der Waals surface area contributed by atoms with Crippen molar-refractivity contribution in [2.24, 2.45) is 0 Å². The highest BCUT2D eigenvalue weighted by molar-refractivity contribution is 5.95. The molecule has 1 aliphatic rings. The number of nitrogens with one attached hydrogen (secondary N) is 2. The Morgan fingerprint density at radius 1 is 1.00 bits per heavy atom. The van der Waals surface area contributed by atoms with E-state index in [4.69, 9.17) is 4.74 Å². The van der Waals surface area contributed by atoms with Gasteiger partial charge >= 0.3 is 0 Å². The molecule has 1 aromatic rings. The van der Waals surface area contributed by atoms with Crippen LogP contribution in [0.15, 0.2) is 29.7 Å². The van der Waals surface area contributed by atoms with E-state index in [9.17, 15) is 4.79 Å². The number of aromatic nitrogens is 1. The highest BCUT2D eigenvalue weighted by atomic mass is 16.5. The fourth-order valence-electron chi connectivity index (χ4n) is 3.36. The number of hydrogen-bond donors (Lipinski definition) is 2. The molecule has 1 amide bonds. The maximum Gasteiger partial charge on any atom is 0.252 e. The first-order valence-corrected chi connectivity index (χ1v) is 10.7. The molecule has 0 aromatic carbocycles. The number of amides is 1. The first-order valence-electron chi connectivity index (χ1n) is 10.7. The Kier molecular flexibility index (Phi) is 9.23. The molecule has 0 spiro atoms. The Morgan fingerprint density at radius 2 is 1.67 bits per heavy atom. The molecule has 0 fully saturated rings. The second-order valence-electron chi connectivity index (χ2n) is 7.74. The number of H-pyrrole nitrogens is 1. The molecule has 1 aromatic heterocycles. The lowest BCUT2D eigenvalue weighted by Gasteiger charge is -2.11. The van der Waals surface area contributed by atoms with Crippen LogP contribution in [0.2, 0.25) is 0 Å². The van der Waals surface area contributed by atoms with Crippen molar-refractivity contribution >= 4 is 12.0 Å². The van der Waals surface area contributed by atoms with Gasteiger partial charge in [-0.25, -0.2) is 0 Å². The van der Waals surface area contributed by atoms with Crippen molar-refractivity contribution in [2.45, 2.75) is 91.1 Å². The summed E-state index contributed by atoms with van der Waals surface area (Å²) >= 11 is 0. The van der Waals surface area contributed by atoms with Crippen LogP contribution < -0.4 is 5.32 Å². The number of carbonyl (C=O) groups excluding carboxylic acids is 1. The van der Waals surface area contributed by atoms with E-state index in [0.29, 0.717) is 5.76 Å². The third-order valence-corrected chi connectivity index (χ3v) is 4.77. The third kappa shape index (κ3) is 8.06. The van der Waals surface area contributed by atoms with Crippen LogP contribution in [-0.4, -0.2) is 17.0 Å². The molecule has 0 aliphatic carbocycles. The van der Waals surface area contributed by atoms with Crippen molar-refractivity contribution < 1.29 is 9.53 Å². The molecular formula is C23H36N2O2. The summed E-state index contributed by atoms with van der Waals surface area (Å²) in [6.07, 6.45) is 16.7.